The first-order valence-electron chi connectivity index (χ1n) is 7.23. The molecule has 6 heteroatoms. The third-order valence-electron chi connectivity index (χ3n) is 4.07. The van der Waals surface area contributed by atoms with Crippen LogP contribution in [0, 0.1) is 0 Å². The Morgan fingerprint density at radius 1 is 1.10 bits per heavy atom. The average molecular weight is 303 g/mol. The molecule has 2 aromatic heterocycles. The van der Waals surface area contributed by atoms with Crippen molar-refractivity contribution < 1.29 is 9.47 Å². The van der Waals surface area contributed by atoms with Gasteiger partial charge in [0, 0.05) is 48.8 Å². The van der Waals surface area contributed by atoms with Gasteiger partial charge in [-0.15, -0.1) is 11.3 Å². The van der Waals surface area contributed by atoms with Crippen LogP contribution in [0.15, 0.2) is 29.9 Å². The Bertz CT molecular complexity index is 584. The summed E-state index contributed by atoms with van der Waals surface area (Å²) in [4.78, 5) is 12.4. The lowest BCUT2D eigenvalue weighted by Gasteiger charge is -2.37. The van der Waals surface area contributed by atoms with Crippen molar-refractivity contribution in [2.45, 2.75) is 18.6 Å². The van der Waals surface area contributed by atoms with E-state index in [1.165, 1.54) is 4.88 Å². The van der Waals surface area contributed by atoms with Gasteiger partial charge in [0.2, 0.25) is 5.95 Å². The summed E-state index contributed by atoms with van der Waals surface area (Å²) in [5.41, 5.74) is 1.07. The minimum absolute atomic E-state index is 0.340. The molecule has 0 saturated carbocycles. The minimum Gasteiger partial charge on any atom is -0.347 e. The highest BCUT2D eigenvalue weighted by Gasteiger charge is 2.40. The van der Waals surface area contributed by atoms with Crippen molar-refractivity contribution in [1.82, 2.24) is 9.97 Å². The van der Waals surface area contributed by atoms with E-state index in [-0.39, 0.29) is 5.79 Å². The van der Waals surface area contributed by atoms with Crippen LogP contribution in [0.3, 0.4) is 0 Å². The number of nitrogens with zero attached hydrogens (tertiary/aromatic N) is 3. The molecule has 2 saturated heterocycles. The lowest BCUT2D eigenvalue weighted by atomic mass is 10.0. The van der Waals surface area contributed by atoms with Crippen molar-refractivity contribution in [3.63, 3.8) is 0 Å². The average Bonchev–Trinajstić information content (AvgIpc) is 3.21. The zero-order chi connectivity index (χ0) is 14.1. The largest absolute Gasteiger partial charge is 0.347 e. The summed E-state index contributed by atoms with van der Waals surface area (Å²) in [5, 5.41) is 2.06. The van der Waals surface area contributed by atoms with E-state index in [1.54, 1.807) is 11.3 Å². The molecule has 1 spiro atoms. The van der Waals surface area contributed by atoms with E-state index in [9.17, 15) is 0 Å². The van der Waals surface area contributed by atoms with E-state index in [2.05, 4.69) is 26.3 Å². The van der Waals surface area contributed by atoms with Crippen LogP contribution in [0.1, 0.15) is 12.8 Å². The highest BCUT2D eigenvalue weighted by Crippen LogP contribution is 2.32. The highest BCUT2D eigenvalue weighted by molar-refractivity contribution is 7.13. The second-order valence-electron chi connectivity index (χ2n) is 5.34. The SMILES string of the molecule is c1csc(-c2cnc(N3CCC4(CC3)OCCO4)nc2)c1. The van der Waals surface area contributed by atoms with Gasteiger partial charge in [0.05, 0.1) is 13.2 Å². The topological polar surface area (TPSA) is 47.5 Å². The van der Waals surface area contributed by atoms with Crippen LogP contribution in [0.25, 0.3) is 10.4 Å². The lowest BCUT2D eigenvalue weighted by Crippen LogP contribution is -2.45. The maximum absolute atomic E-state index is 5.75. The number of ether oxygens (including phenoxy) is 2. The van der Waals surface area contributed by atoms with Gasteiger partial charge in [-0.1, -0.05) is 6.07 Å². The summed E-state index contributed by atoms with van der Waals surface area (Å²) in [6.45, 7) is 3.18. The Balaban J connectivity index is 1.45. The first kappa shape index (κ1) is 13.2. The highest BCUT2D eigenvalue weighted by atomic mass is 32.1. The molecule has 0 unspecified atom stereocenters. The molecule has 0 radical (unpaired) electrons. The quantitative estimate of drug-likeness (QED) is 0.853. The molecule has 5 nitrogen and oxygen atoms in total. The van der Waals surface area contributed by atoms with Crippen LogP contribution in [0.2, 0.25) is 0 Å². The van der Waals surface area contributed by atoms with Gasteiger partial charge >= 0.3 is 0 Å². The molecule has 0 atom stereocenters. The summed E-state index contributed by atoms with van der Waals surface area (Å²) in [6, 6.07) is 4.13. The first-order valence-corrected chi connectivity index (χ1v) is 8.11. The van der Waals surface area contributed by atoms with Crippen molar-refractivity contribution in [3.05, 3.63) is 29.9 Å². The molecule has 0 N–H and O–H groups in total. The van der Waals surface area contributed by atoms with Crippen LogP contribution in [-0.2, 0) is 9.47 Å². The second kappa shape index (κ2) is 5.36. The van der Waals surface area contributed by atoms with Gasteiger partial charge in [-0.05, 0) is 11.4 Å². The van der Waals surface area contributed by atoms with Crippen molar-refractivity contribution in [3.8, 4) is 10.4 Å². The summed E-state index contributed by atoms with van der Waals surface area (Å²) in [6.07, 6.45) is 5.56. The van der Waals surface area contributed by atoms with Crippen LogP contribution in [0.4, 0.5) is 5.95 Å². The molecule has 0 aromatic carbocycles. The van der Waals surface area contributed by atoms with Crippen molar-refractivity contribution >= 4 is 17.3 Å². The molecule has 0 bridgehead atoms. The summed E-state index contributed by atoms with van der Waals surface area (Å²) in [7, 11) is 0. The Morgan fingerprint density at radius 3 is 2.43 bits per heavy atom. The fourth-order valence-electron chi connectivity index (χ4n) is 2.89. The second-order valence-corrected chi connectivity index (χ2v) is 6.29. The third-order valence-corrected chi connectivity index (χ3v) is 4.98. The van der Waals surface area contributed by atoms with Gasteiger partial charge in [0.1, 0.15) is 0 Å². The van der Waals surface area contributed by atoms with Gasteiger partial charge in [-0.3, -0.25) is 0 Å². The van der Waals surface area contributed by atoms with Crippen LogP contribution >= 0.6 is 11.3 Å². The standard InChI is InChI=1S/C15H17N3O2S/c1-2-13(21-9-1)12-10-16-14(17-11-12)18-5-3-15(4-6-18)19-7-8-20-15/h1-2,9-11H,3-8H2. The van der Waals surface area contributed by atoms with E-state index in [1.807, 2.05) is 18.5 Å². The monoisotopic (exact) mass is 303 g/mol. The Morgan fingerprint density at radius 2 is 1.81 bits per heavy atom. The van der Waals surface area contributed by atoms with Gasteiger partial charge in [-0.25, -0.2) is 9.97 Å². The number of rotatable bonds is 2. The van der Waals surface area contributed by atoms with Gasteiger partial charge in [0.15, 0.2) is 5.79 Å². The molecule has 4 heterocycles. The van der Waals surface area contributed by atoms with E-state index in [0.717, 1.165) is 37.4 Å². The predicted molar refractivity (Wildman–Crippen MR) is 81.4 cm³/mol. The van der Waals surface area contributed by atoms with E-state index in [4.69, 9.17) is 9.47 Å². The maximum atomic E-state index is 5.75. The van der Waals surface area contributed by atoms with Gasteiger partial charge < -0.3 is 14.4 Å². The zero-order valence-electron chi connectivity index (χ0n) is 11.7. The molecule has 0 amide bonds. The number of hydrogen-bond acceptors (Lipinski definition) is 6. The minimum atomic E-state index is -0.340. The Hall–Kier alpha value is -1.50. The Kier molecular flexibility index (Phi) is 3.37. The number of aromatic nitrogens is 2. The fraction of sp³-hybridized carbons (Fsp3) is 0.467. The maximum Gasteiger partial charge on any atom is 0.225 e. The van der Waals surface area contributed by atoms with Crippen LogP contribution in [0.5, 0.6) is 0 Å². The van der Waals surface area contributed by atoms with Crippen molar-refractivity contribution in [2.75, 3.05) is 31.2 Å². The molecule has 2 fully saturated rings. The summed E-state index contributed by atoms with van der Waals surface area (Å²) >= 11 is 1.70. The van der Waals surface area contributed by atoms with E-state index < -0.39 is 0 Å². The molecule has 4 rings (SSSR count). The van der Waals surface area contributed by atoms with Crippen LogP contribution in [-0.4, -0.2) is 42.1 Å². The van der Waals surface area contributed by atoms with E-state index >= 15 is 0 Å². The molecular formula is C15H17N3O2S. The Labute approximate surface area is 127 Å². The number of anilines is 1. The first-order chi connectivity index (χ1) is 10.3. The van der Waals surface area contributed by atoms with Crippen LogP contribution < -0.4 is 4.90 Å². The van der Waals surface area contributed by atoms with Gasteiger partial charge in [-0.2, -0.15) is 0 Å². The fourth-order valence-corrected chi connectivity index (χ4v) is 3.59. The van der Waals surface area contributed by atoms with Crippen molar-refractivity contribution in [1.29, 1.82) is 0 Å². The molecule has 2 aromatic rings. The normalized spacial score (nSPS) is 21.0. The summed E-state index contributed by atoms with van der Waals surface area (Å²) < 4.78 is 11.5. The zero-order valence-corrected chi connectivity index (χ0v) is 12.5. The lowest BCUT2D eigenvalue weighted by molar-refractivity contribution is -0.169. The third kappa shape index (κ3) is 2.54. The smallest absolute Gasteiger partial charge is 0.225 e. The molecule has 110 valence electrons. The number of piperidine rings is 1. The van der Waals surface area contributed by atoms with Gasteiger partial charge in [0.25, 0.3) is 0 Å². The molecule has 2 aliphatic heterocycles. The van der Waals surface area contributed by atoms with E-state index in [0.29, 0.717) is 13.2 Å². The molecule has 0 aliphatic carbocycles. The number of thiophene rings is 1. The molecule has 21 heavy (non-hydrogen) atoms. The molecular weight excluding hydrogens is 286 g/mol. The van der Waals surface area contributed by atoms with Crippen molar-refractivity contribution in [2.24, 2.45) is 0 Å². The molecule has 2 aliphatic rings. The summed E-state index contributed by atoms with van der Waals surface area (Å²) in [5.74, 6) is 0.455. The number of hydrogen-bond donors (Lipinski definition) is 0. The predicted octanol–water partition coefficient (Wildman–Crippen LogP) is 2.55.